The third kappa shape index (κ3) is 3.83. The van der Waals surface area contributed by atoms with Crippen molar-refractivity contribution in [1.29, 1.82) is 0 Å². The fourth-order valence-corrected chi connectivity index (χ4v) is 3.87. The maximum atomic E-state index is 13.7. The van der Waals surface area contributed by atoms with Gasteiger partial charge in [-0.2, -0.15) is 0 Å². The van der Waals surface area contributed by atoms with Gasteiger partial charge in [-0.05, 0) is 70.4 Å². The summed E-state index contributed by atoms with van der Waals surface area (Å²) in [7, 11) is 0. The Kier molecular flexibility index (Phi) is 5.47. The highest BCUT2D eigenvalue weighted by molar-refractivity contribution is 5.94. The summed E-state index contributed by atoms with van der Waals surface area (Å²) >= 11 is 0. The van der Waals surface area contributed by atoms with Crippen LogP contribution in [-0.2, 0) is 4.79 Å². The second-order valence-corrected chi connectivity index (χ2v) is 7.38. The molecular weight excluding hydrogens is 329 g/mol. The van der Waals surface area contributed by atoms with Crippen LogP contribution in [0.2, 0.25) is 0 Å². The molecule has 1 fully saturated rings. The summed E-state index contributed by atoms with van der Waals surface area (Å²) in [6, 6.07) is 9.41. The van der Waals surface area contributed by atoms with Crippen molar-refractivity contribution in [2.45, 2.75) is 52.6 Å². The largest absolute Gasteiger partial charge is 0.346 e. The number of aryl methyl sites for hydroxylation is 3. The third-order valence-electron chi connectivity index (χ3n) is 5.56. The molecule has 0 spiro atoms. The Morgan fingerprint density at radius 2 is 1.73 bits per heavy atom. The summed E-state index contributed by atoms with van der Waals surface area (Å²) in [6.07, 6.45) is 2.07. The minimum Gasteiger partial charge on any atom is -0.346 e. The Labute approximate surface area is 155 Å². The summed E-state index contributed by atoms with van der Waals surface area (Å²) < 4.78 is 16.1. The number of anilines is 1. The number of halogens is 1. The molecule has 26 heavy (non-hydrogen) atoms. The highest BCUT2D eigenvalue weighted by Gasteiger charge is 2.28. The number of piperidine rings is 1. The first-order valence-electron chi connectivity index (χ1n) is 9.32. The zero-order valence-electron chi connectivity index (χ0n) is 16.1. The number of amides is 1. The molecule has 1 aliphatic rings. The first kappa shape index (κ1) is 18.6. The molecule has 0 saturated carbocycles. The van der Waals surface area contributed by atoms with Crippen LogP contribution in [-0.4, -0.2) is 34.5 Å². The van der Waals surface area contributed by atoms with Gasteiger partial charge in [0.1, 0.15) is 5.82 Å². The Hall–Kier alpha value is -2.14. The fourth-order valence-electron chi connectivity index (χ4n) is 3.87. The van der Waals surface area contributed by atoms with E-state index in [1.54, 1.807) is 19.1 Å². The fraction of sp³-hybridized carbons (Fsp3) is 0.476. The van der Waals surface area contributed by atoms with E-state index >= 15 is 0 Å². The van der Waals surface area contributed by atoms with Gasteiger partial charge in [0, 0.05) is 36.2 Å². The molecule has 4 nitrogen and oxygen atoms in total. The van der Waals surface area contributed by atoms with E-state index in [2.05, 4.69) is 40.8 Å². The monoisotopic (exact) mass is 357 g/mol. The van der Waals surface area contributed by atoms with Crippen LogP contribution in [0.3, 0.4) is 0 Å². The number of aromatic nitrogens is 1. The number of hydrogen-bond acceptors (Lipinski definition) is 2. The van der Waals surface area contributed by atoms with Crippen LogP contribution in [0.15, 0.2) is 30.3 Å². The van der Waals surface area contributed by atoms with Gasteiger partial charge in [0.15, 0.2) is 0 Å². The molecule has 1 aromatic carbocycles. The summed E-state index contributed by atoms with van der Waals surface area (Å²) in [5.74, 6) is -0.381. The van der Waals surface area contributed by atoms with E-state index in [-0.39, 0.29) is 17.8 Å². The van der Waals surface area contributed by atoms with Gasteiger partial charge < -0.3 is 9.88 Å². The predicted molar refractivity (Wildman–Crippen MR) is 103 cm³/mol. The third-order valence-corrected chi connectivity index (χ3v) is 5.56. The highest BCUT2D eigenvalue weighted by atomic mass is 19.1. The maximum absolute atomic E-state index is 13.7. The van der Waals surface area contributed by atoms with Gasteiger partial charge in [0.25, 0.3) is 0 Å². The predicted octanol–water partition coefficient (Wildman–Crippen LogP) is 4.22. The average Bonchev–Trinajstić information content (AvgIpc) is 2.96. The van der Waals surface area contributed by atoms with Crippen molar-refractivity contribution in [3.63, 3.8) is 0 Å². The maximum Gasteiger partial charge on any atom is 0.241 e. The van der Waals surface area contributed by atoms with Gasteiger partial charge >= 0.3 is 0 Å². The second kappa shape index (κ2) is 7.62. The van der Waals surface area contributed by atoms with E-state index in [0.717, 1.165) is 25.9 Å². The van der Waals surface area contributed by atoms with E-state index in [0.29, 0.717) is 17.3 Å². The number of nitrogens with one attached hydrogen (secondary N) is 1. The Morgan fingerprint density at radius 1 is 1.12 bits per heavy atom. The van der Waals surface area contributed by atoms with E-state index in [9.17, 15) is 9.18 Å². The summed E-state index contributed by atoms with van der Waals surface area (Å²) in [5, 5.41) is 2.84. The smallest absolute Gasteiger partial charge is 0.241 e. The lowest BCUT2D eigenvalue weighted by atomic mass is 10.0. The summed E-state index contributed by atoms with van der Waals surface area (Å²) in [6.45, 7) is 9.71. The number of nitrogens with zero attached hydrogens (tertiary/aromatic N) is 2. The zero-order chi connectivity index (χ0) is 18.8. The first-order chi connectivity index (χ1) is 12.4. The van der Waals surface area contributed by atoms with Gasteiger partial charge in [-0.25, -0.2) is 4.39 Å². The Bertz CT molecular complexity index is 771. The molecule has 1 aromatic heterocycles. The van der Waals surface area contributed by atoms with Crippen molar-refractivity contribution in [3.8, 4) is 0 Å². The highest BCUT2D eigenvalue weighted by Crippen LogP contribution is 2.27. The van der Waals surface area contributed by atoms with Crippen molar-refractivity contribution in [2.24, 2.45) is 0 Å². The zero-order valence-corrected chi connectivity index (χ0v) is 16.1. The molecule has 1 unspecified atom stereocenters. The van der Waals surface area contributed by atoms with E-state index in [1.807, 2.05) is 6.92 Å². The number of carbonyl (C=O) groups is 1. The minimum atomic E-state index is -0.297. The van der Waals surface area contributed by atoms with E-state index < -0.39 is 0 Å². The van der Waals surface area contributed by atoms with E-state index in [1.165, 1.54) is 17.5 Å². The topological polar surface area (TPSA) is 37.3 Å². The molecule has 2 aromatic rings. The number of likely N-dealkylation sites (tertiary alicyclic amines) is 1. The number of carbonyl (C=O) groups excluding carboxylic acids is 1. The van der Waals surface area contributed by atoms with Crippen LogP contribution in [0.5, 0.6) is 0 Å². The molecular formula is C21H28FN3O. The molecule has 1 aliphatic heterocycles. The number of rotatable bonds is 4. The van der Waals surface area contributed by atoms with Crippen LogP contribution >= 0.6 is 0 Å². The van der Waals surface area contributed by atoms with Gasteiger partial charge in [0.2, 0.25) is 5.91 Å². The lowest BCUT2D eigenvalue weighted by Crippen LogP contribution is -2.46. The molecule has 1 atom stereocenters. The van der Waals surface area contributed by atoms with Crippen LogP contribution in [0.4, 0.5) is 10.1 Å². The molecule has 1 N–H and O–H groups in total. The van der Waals surface area contributed by atoms with Gasteiger partial charge in [-0.15, -0.1) is 0 Å². The number of benzene rings is 1. The average molecular weight is 357 g/mol. The van der Waals surface area contributed by atoms with Gasteiger partial charge in [-0.1, -0.05) is 6.07 Å². The van der Waals surface area contributed by atoms with Crippen LogP contribution < -0.4 is 5.32 Å². The minimum absolute atomic E-state index is 0.0833. The normalized spacial score (nSPS) is 17.3. The lowest BCUT2D eigenvalue weighted by Gasteiger charge is -2.36. The van der Waals surface area contributed by atoms with Crippen molar-refractivity contribution >= 4 is 11.6 Å². The quantitative estimate of drug-likeness (QED) is 0.890. The van der Waals surface area contributed by atoms with E-state index in [4.69, 9.17) is 0 Å². The van der Waals surface area contributed by atoms with Gasteiger partial charge in [-0.3, -0.25) is 9.69 Å². The lowest BCUT2D eigenvalue weighted by molar-refractivity contribution is -0.121. The molecule has 140 valence electrons. The van der Waals surface area contributed by atoms with Gasteiger partial charge in [0.05, 0.1) is 6.04 Å². The number of hydrogen-bond donors (Lipinski definition) is 1. The summed E-state index contributed by atoms with van der Waals surface area (Å²) in [4.78, 5) is 14.8. The molecule has 1 amide bonds. The molecule has 0 bridgehead atoms. The first-order valence-corrected chi connectivity index (χ1v) is 9.32. The summed E-state index contributed by atoms with van der Waals surface area (Å²) in [5.41, 5.74) is 3.69. The Morgan fingerprint density at radius 3 is 2.31 bits per heavy atom. The van der Waals surface area contributed by atoms with Crippen molar-refractivity contribution in [3.05, 3.63) is 53.1 Å². The molecule has 0 aliphatic carbocycles. The van der Waals surface area contributed by atoms with Crippen molar-refractivity contribution in [1.82, 2.24) is 9.47 Å². The van der Waals surface area contributed by atoms with Crippen molar-refractivity contribution in [2.75, 3.05) is 18.4 Å². The molecule has 1 saturated heterocycles. The Balaban J connectivity index is 1.58. The standard InChI is InChI=1S/C21H28FN3O/c1-14-5-8-18(13-20(14)22)23-21(26)17(4)24-11-9-19(10-12-24)25-15(2)6-7-16(25)3/h5-8,13,17,19H,9-12H2,1-4H3,(H,23,26). The van der Waals surface area contributed by atoms with Crippen LogP contribution in [0.25, 0.3) is 0 Å². The second-order valence-electron chi connectivity index (χ2n) is 7.38. The molecule has 2 heterocycles. The van der Waals surface area contributed by atoms with Crippen LogP contribution in [0.1, 0.15) is 42.8 Å². The van der Waals surface area contributed by atoms with Crippen molar-refractivity contribution < 1.29 is 9.18 Å². The SMILES string of the molecule is Cc1ccc(NC(=O)C(C)N2CCC(n3c(C)ccc3C)CC2)cc1F. The molecule has 5 heteroatoms. The molecule has 0 radical (unpaired) electrons. The molecule has 3 rings (SSSR count). The van der Waals surface area contributed by atoms with Crippen LogP contribution in [0, 0.1) is 26.6 Å².